The van der Waals surface area contributed by atoms with Gasteiger partial charge in [0.05, 0.1) is 28.0 Å². The highest BCUT2D eigenvalue weighted by atomic mass is 32.2. The van der Waals surface area contributed by atoms with Gasteiger partial charge in [-0.05, 0) is 37.5 Å². The van der Waals surface area contributed by atoms with Crippen molar-refractivity contribution in [3.8, 4) is 0 Å². The Morgan fingerprint density at radius 3 is 2.58 bits per heavy atom. The Labute approximate surface area is 201 Å². The van der Waals surface area contributed by atoms with Crippen LogP contribution in [0.4, 0.5) is 5.82 Å². The molecular weight excluding hydrogens is 480 g/mol. The van der Waals surface area contributed by atoms with Crippen LogP contribution in [0.5, 0.6) is 0 Å². The van der Waals surface area contributed by atoms with Gasteiger partial charge in [-0.2, -0.15) is 0 Å². The summed E-state index contributed by atoms with van der Waals surface area (Å²) in [7, 11) is -3.16. The minimum atomic E-state index is -3.16. The van der Waals surface area contributed by atoms with E-state index in [-0.39, 0.29) is 23.0 Å². The molecule has 2 aromatic heterocycles. The van der Waals surface area contributed by atoms with E-state index in [4.69, 9.17) is 17.2 Å². The number of nitrogens with zero attached hydrogens (tertiary/aromatic N) is 4. The van der Waals surface area contributed by atoms with E-state index in [0.717, 1.165) is 50.5 Å². The van der Waals surface area contributed by atoms with Crippen molar-refractivity contribution in [1.82, 2.24) is 14.3 Å². The molecule has 0 radical (unpaired) electrons. The number of fused-ring (bicyclic) bond motifs is 1. The van der Waals surface area contributed by atoms with E-state index in [0.29, 0.717) is 32.7 Å². The molecule has 0 saturated carbocycles. The van der Waals surface area contributed by atoms with Crippen LogP contribution < -0.4 is 10.5 Å². The van der Waals surface area contributed by atoms with Gasteiger partial charge < -0.3 is 4.90 Å². The van der Waals surface area contributed by atoms with Crippen LogP contribution in [-0.2, 0) is 14.6 Å². The van der Waals surface area contributed by atoms with Crippen LogP contribution in [-0.4, -0.2) is 63.6 Å². The molecule has 0 spiro atoms. The first kappa shape index (κ1) is 22.5. The zero-order chi connectivity index (χ0) is 23.2. The molecule has 1 amide bonds. The minimum Gasteiger partial charge on any atom is -0.356 e. The first-order valence-electron chi connectivity index (χ1n) is 11.1. The number of thiocarbonyl (C=S) groups is 1. The number of sulfone groups is 1. The molecule has 2 aromatic rings. The third-order valence-corrected chi connectivity index (χ3v) is 9.41. The second-order valence-corrected chi connectivity index (χ2v) is 12.5. The van der Waals surface area contributed by atoms with Crippen LogP contribution >= 0.6 is 24.0 Å². The molecule has 33 heavy (non-hydrogen) atoms. The molecule has 5 rings (SSSR count). The average Bonchev–Trinajstić information content (AvgIpc) is 3.13. The van der Waals surface area contributed by atoms with Crippen LogP contribution in [0.15, 0.2) is 34.1 Å². The number of thioether (sulfide) groups is 1. The highest BCUT2D eigenvalue weighted by Crippen LogP contribution is 2.37. The number of hydrogen-bond donors (Lipinski definition) is 0. The number of anilines is 1. The summed E-state index contributed by atoms with van der Waals surface area (Å²) in [5, 5.41) is 0. The lowest BCUT2D eigenvalue weighted by molar-refractivity contribution is -0.123. The Kier molecular flexibility index (Phi) is 6.04. The van der Waals surface area contributed by atoms with E-state index in [1.54, 1.807) is 24.4 Å². The average molecular weight is 505 g/mol. The molecule has 1 unspecified atom stereocenters. The van der Waals surface area contributed by atoms with Crippen molar-refractivity contribution in [2.24, 2.45) is 0 Å². The number of rotatable bonds is 3. The summed E-state index contributed by atoms with van der Waals surface area (Å²) in [6, 6.07) is 4.96. The summed E-state index contributed by atoms with van der Waals surface area (Å²) in [5.74, 6) is 0.225. The Balaban J connectivity index is 1.58. The van der Waals surface area contributed by atoms with Crippen molar-refractivity contribution < 1.29 is 13.2 Å². The van der Waals surface area contributed by atoms with Crippen LogP contribution in [0.1, 0.15) is 37.7 Å². The third-order valence-electron chi connectivity index (χ3n) is 6.33. The highest BCUT2D eigenvalue weighted by Gasteiger charge is 2.42. The maximum absolute atomic E-state index is 13.5. The molecule has 11 heteroatoms. The number of pyridine rings is 1. The van der Waals surface area contributed by atoms with Crippen LogP contribution in [0.25, 0.3) is 11.7 Å². The van der Waals surface area contributed by atoms with E-state index in [1.165, 1.54) is 9.30 Å². The molecule has 0 aromatic carbocycles. The third kappa shape index (κ3) is 4.33. The number of amides is 1. The van der Waals surface area contributed by atoms with Gasteiger partial charge in [0.1, 0.15) is 15.8 Å². The van der Waals surface area contributed by atoms with Gasteiger partial charge in [-0.3, -0.25) is 18.9 Å². The molecular formula is C22H24N4O4S3. The Hall–Kier alpha value is -2.24. The SMILES string of the molecule is O=C1C(=Cc2c(N3CCCCCC3)nc3ccccn3c2=O)SC(=S)N1C1CCS(=O)(=O)C1. The molecule has 3 aliphatic heterocycles. The number of hydrogen-bond acceptors (Lipinski definition) is 8. The minimum absolute atomic E-state index is 0.0584. The van der Waals surface area contributed by atoms with Gasteiger partial charge in [-0.1, -0.05) is 42.9 Å². The fraction of sp³-hybridized carbons (Fsp3) is 0.455. The first-order valence-corrected chi connectivity index (χ1v) is 14.1. The highest BCUT2D eigenvalue weighted by molar-refractivity contribution is 8.26. The van der Waals surface area contributed by atoms with Gasteiger partial charge in [-0.25, -0.2) is 13.4 Å². The zero-order valence-electron chi connectivity index (χ0n) is 18.0. The maximum Gasteiger partial charge on any atom is 0.267 e. The second-order valence-electron chi connectivity index (χ2n) is 8.59. The van der Waals surface area contributed by atoms with Gasteiger partial charge in [0.2, 0.25) is 0 Å². The molecule has 0 aliphatic carbocycles. The molecule has 3 saturated heterocycles. The lowest BCUT2D eigenvalue weighted by Gasteiger charge is -2.23. The quantitative estimate of drug-likeness (QED) is 0.465. The van der Waals surface area contributed by atoms with Crippen molar-refractivity contribution in [2.75, 3.05) is 29.5 Å². The molecule has 5 heterocycles. The first-order chi connectivity index (χ1) is 15.8. The monoisotopic (exact) mass is 504 g/mol. The molecule has 3 aliphatic rings. The van der Waals surface area contributed by atoms with Crippen molar-refractivity contribution in [1.29, 1.82) is 0 Å². The fourth-order valence-electron chi connectivity index (χ4n) is 4.65. The Morgan fingerprint density at radius 1 is 1.12 bits per heavy atom. The maximum atomic E-state index is 13.5. The Morgan fingerprint density at radius 2 is 1.88 bits per heavy atom. The molecule has 3 fully saturated rings. The topological polar surface area (TPSA) is 92.1 Å². The lowest BCUT2D eigenvalue weighted by Crippen LogP contribution is -2.39. The normalized spacial score (nSPS) is 24.7. The summed E-state index contributed by atoms with van der Waals surface area (Å²) in [5.41, 5.74) is 0.677. The molecule has 174 valence electrons. The summed E-state index contributed by atoms with van der Waals surface area (Å²) in [6.45, 7) is 1.61. The Bertz CT molecular complexity index is 1330. The van der Waals surface area contributed by atoms with Crippen LogP contribution in [0, 0.1) is 0 Å². The summed E-state index contributed by atoms with van der Waals surface area (Å²) >= 11 is 6.55. The van der Waals surface area contributed by atoms with Crippen molar-refractivity contribution in [2.45, 2.75) is 38.1 Å². The van der Waals surface area contributed by atoms with E-state index in [9.17, 15) is 18.0 Å². The zero-order valence-corrected chi connectivity index (χ0v) is 20.4. The van der Waals surface area contributed by atoms with Gasteiger partial charge in [0.25, 0.3) is 11.5 Å². The van der Waals surface area contributed by atoms with Crippen molar-refractivity contribution in [3.63, 3.8) is 0 Å². The summed E-state index contributed by atoms with van der Waals surface area (Å²) in [4.78, 5) is 35.4. The molecule has 1 atom stereocenters. The van der Waals surface area contributed by atoms with E-state index in [2.05, 4.69) is 4.90 Å². The number of carbonyl (C=O) groups is 1. The summed E-state index contributed by atoms with van der Waals surface area (Å²) < 4.78 is 25.7. The van der Waals surface area contributed by atoms with Gasteiger partial charge in [0, 0.05) is 19.3 Å². The lowest BCUT2D eigenvalue weighted by atomic mass is 10.2. The smallest absolute Gasteiger partial charge is 0.267 e. The van der Waals surface area contributed by atoms with E-state index < -0.39 is 15.9 Å². The second kappa shape index (κ2) is 8.84. The fourth-order valence-corrected chi connectivity index (χ4v) is 7.73. The standard InChI is InChI=1S/C22H24N4O4S3/c27-20-16(13-17-21(28)26(22(31)32-17)15-8-12-33(29,30)14-15)19(24-9-4-1-2-5-10-24)23-18-7-3-6-11-25(18)20/h3,6-7,11,13,15H,1-2,4-5,8-10,12,14H2. The molecule has 0 bridgehead atoms. The van der Waals surface area contributed by atoms with E-state index in [1.807, 2.05) is 6.07 Å². The van der Waals surface area contributed by atoms with E-state index >= 15 is 0 Å². The van der Waals surface area contributed by atoms with Crippen LogP contribution in [0.2, 0.25) is 0 Å². The number of aromatic nitrogens is 2. The van der Waals surface area contributed by atoms with Gasteiger partial charge in [0.15, 0.2) is 9.84 Å². The molecule has 8 nitrogen and oxygen atoms in total. The predicted octanol–water partition coefficient (Wildman–Crippen LogP) is 2.46. The van der Waals surface area contributed by atoms with Crippen LogP contribution in [0.3, 0.4) is 0 Å². The molecule has 0 N–H and O–H groups in total. The van der Waals surface area contributed by atoms with Gasteiger partial charge in [-0.15, -0.1) is 0 Å². The van der Waals surface area contributed by atoms with Crippen molar-refractivity contribution >= 4 is 61.6 Å². The van der Waals surface area contributed by atoms with Crippen molar-refractivity contribution in [3.05, 3.63) is 45.2 Å². The largest absolute Gasteiger partial charge is 0.356 e. The van der Waals surface area contributed by atoms with Gasteiger partial charge >= 0.3 is 0 Å². The number of carbonyl (C=O) groups excluding carboxylic acids is 1. The summed E-state index contributed by atoms with van der Waals surface area (Å²) in [6.07, 6.45) is 7.96. The predicted molar refractivity (Wildman–Crippen MR) is 134 cm³/mol.